The number of aliphatic hydroxyl groups excluding tert-OH is 1. The highest BCUT2D eigenvalue weighted by atomic mass is 16.5. The zero-order valence-electron chi connectivity index (χ0n) is 13.5. The van der Waals surface area contributed by atoms with E-state index in [1.807, 2.05) is 0 Å². The SMILES string of the molecule is COCCN1C(=O)C(O)=C(C(=O)c2ccco2)[C@@H]1c1ccc(O)cc1. The number of hydrogen-bond donors (Lipinski definition) is 2. The van der Waals surface area contributed by atoms with Crippen LogP contribution in [0.2, 0.25) is 0 Å². The number of phenols is 1. The number of carbonyl (C=O) groups excluding carboxylic acids is 2. The Labute approximate surface area is 143 Å². The first-order valence-electron chi connectivity index (χ1n) is 7.64. The number of furan rings is 1. The van der Waals surface area contributed by atoms with Crippen molar-refractivity contribution in [2.24, 2.45) is 0 Å². The number of ether oxygens (including phenoxy) is 1. The first-order chi connectivity index (χ1) is 12.0. The van der Waals surface area contributed by atoms with Crippen LogP contribution in [0.1, 0.15) is 22.2 Å². The molecule has 2 heterocycles. The minimum absolute atomic E-state index is 0.0340. The van der Waals surface area contributed by atoms with Crippen LogP contribution in [0.4, 0.5) is 0 Å². The number of amides is 1. The lowest BCUT2D eigenvalue weighted by molar-refractivity contribution is -0.130. The van der Waals surface area contributed by atoms with Crippen LogP contribution in [-0.2, 0) is 9.53 Å². The van der Waals surface area contributed by atoms with Gasteiger partial charge in [-0.05, 0) is 29.8 Å². The summed E-state index contributed by atoms with van der Waals surface area (Å²) >= 11 is 0. The Morgan fingerprint density at radius 3 is 2.56 bits per heavy atom. The molecule has 0 radical (unpaired) electrons. The summed E-state index contributed by atoms with van der Waals surface area (Å²) in [5, 5.41) is 19.8. The second kappa shape index (κ2) is 6.82. The van der Waals surface area contributed by atoms with E-state index in [1.165, 1.54) is 36.5 Å². The maximum Gasteiger partial charge on any atom is 0.290 e. The van der Waals surface area contributed by atoms with Gasteiger partial charge in [0.05, 0.1) is 24.5 Å². The van der Waals surface area contributed by atoms with Crippen LogP contribution in [-0.4, -0.2) is 47.1 Å². The molecule has 25 heavy (non-hydrogen) atoms. The van der Waals surface area contributed by atoms with Gasteiger partial charge < -0.3 is 24.3 Å². The maximum atomic E-state index is 12.8. The van der Waals surface area contributed by atoms with Gasteiger partial charge in [0, 0.05) is 13.7 Å². The van der Waals surface area contributed by atoms with Crippen LogP contribution in [0.3, 0.4) is 0 Å². The van der Waals surface area contributed by atoms with Crippen LogP contribution in [0.5, 0.6) is 5.75 Å². The van der Waals surface area contributed by atoms with E-state index in [0.717, 1.165) is 0 Å². The molecule has 2 aromatic rings. The van der Waals surface area contributed by atoms with E-state index >= 15 is 0 Å². The average Bonchev–Trinajstić information content (AvgIpc) is 3.22. The van der Waals surface area contributed by atoms with Crippen molar-refractivity contribution in [2.45, 2.75) is 6.04 Å². The molecule has 1 amide bonds. The molecule has 1 aliphatic heterocycles. The third-order valence-electron chi connectivity index (χ3n) is 4.04. The van der Waals surface area contributed by atoms with Crippen LogP contribution in [0.15, 0.2) is 58.4 Å². The number of hydrogen-bond acceptors (Lipinski definition) is 6. The monoisotopic (exact) mass is 343 g/mol. The first-order valence-corrected chi connectivity index (χ1v) is 7.64. The molecule has 0 saturated carbocycles. The summed E-state index contributed by atoms with van der Waals surface area (Å²) in [6.45, 7) is 0.440. The number of nitrogens with zero attached hydrogens (tertiary/aromatic N) is 1. The van der Waals surface area contributed by atoms with Crippen molar-refractivity contribution in [3.05, 3.63) is 65.3 Å². The third kappa shape index (κ3) is 3.01. The Balaban J connectivity index is 2.06. The predicted octanol–water partition coefficient (Wildman–Crippen LogP) is 2.21. The molecule has 0 saturated heterocycles. The average molecular weight is 343 g/mol. The lowest BCUT2D eigenvalue weighted by Gasteiger charge is -2.26. The van der Waals surface area contributed by atoms with Crippen molar-refractivity contribution in [3.63, 3.8) is 0 Å². The topological polar surface area (TPSA) is 100 Å². The number of phenolic OH excluding ortho intramolecular Hbond substituents is 1. The van der Waals surface area contributed by atoms with Gasteiger partial charge in [0.15, 0.2) is 11.5 Å². The van der Waals surface area contributed by atoms with Crippen molar-refractivity contribution >= 4 is 11.7 Å². The molecule has 130 valence electrons. The number of rotatable bonds is 6. The number of carbonyl (C=O) groups is 2. The molecule has 0 unspecified atom stereocenters. The van der Waals surface area contributed by atoms with Gasteiger partial charge in [-0.15, -0.1) is 0 Å². The summed E-state index contributed by atoms with van der Waals surface area (Å²) in [5.74, 6) is -1.72. The van der Waals surface area contributed by atoms with Crippen LogP contribution in [0, 0.1) is 0 Å². The highest BCUT2D eigenvalue weighted by Crippen LogP contribution is 2.39. The second-order valence-electron chi connectivity index (χ2n) is 5.55. The molecule has 7 heteroatoms. The van der Waals surface area contributed by atoms with Crippen LogP contribution < -0.4 is 0 Å². The van der Waals surface area contributed by atoms with Gasteiger partial charge in [0.25, 0.3) is 5.91 Å². The van der Waals surface area contributed by atoms with Crippen molar-refractivity contribution in [3.8, 4) is 5.75 Å². The van der Waals surface area contributed by atoms with E-state index in [9.17, 15) is 19.8 Å². The summed E-state index contributed by atoms with van der Waals surface area (Å²) in [6, 6.07) is 8.35. The van der Waals surface area contributed by atoms with Gasteiger partial charge in [-0.2, -0.15) is 0 Å². The van der Waals surface area contributed by atoms with E-state index < -0.39 is 23.5 Å². The fraction of sp³-hybridized carbons (Fsp3) is 0.222. The fourth-order valence-corrected chi connectivity index (χ4v) is 2.85. The van der Waals surface area contributed by atoms with E-state index in [1.54, 1.807) is 18.2 Å². The summed E-state index contributed by atoms with van der Waals surface area (Å²) in [5.41, 5.74) is 0.531. The Morgan fingerprint density at radius 1 is 1.24 bits per heavy atom. The summed E-state index contributed by atoms with van der Waals surface area (Å²) in [6.07, 6.45) is 1.35. The molecule has 1 aliphatic rings. The Bertz CT molecular complexity index is 807. The predicted molar refractivity (Wildman–Crippen MR) is 87.1 cm³/mol. The van der Waals surface area contributed by atoms with Crippen LogP contribution >= 0.6 is 0 Å². The minimum atomic E-state index is -0.791. The minimum Gasteiger partial charge on any atom is -0.508 e. The Morgan fingerprint density at radius 2 is 1.96 bits per heavy atom. The number of Topliss-reactive ketones (excluding diaryl/α,β-unsaturated/α-hetero) is 1. The maximum absolute atomic E-state index is 12.8. The standard InChI is InChI=1S/C18H17NO6/c1-24-10-8-19-15(11-4-6-12(20)7-5-11)14(17(22)18(19)23)16(21)13-3-2-9-25-13/h2-7,9,15,20,22H,8,10H2,1H3/t15-/m0/s1. The number of benzene rings is 1. The molecule has 7 nitrogen and oxygen atoms in total. The zero-order chi connectivity index (χ0) is 18.0. The highest BCUT2D eigenvalue weighted by molar-refractivity contribution is 6.15. The normalized spacial score (nSPS) is 17.4. The van der Waals surface area contributed by atoms with Gasteiger partial charge in [-0.1, -0.05) is 12.1 Å². The van der Waals surface area contributed by atoms with Crippen molar-refractivity contribution in [1.82, 2.24) is 4.90 Å². The first kappa shape index (κ1) is 16.8. The van der Waals surface area contributed by atoms with Crippen molar-refractivity contribution in [1.29, 1.82) is 0 Å². The fourth-order valence-electron chi connectivity index (χ4n) is 2.85. The van der Waals surface area contributed by atoms with Gasteiger partial charge >= 0.3 is 0 Å². The molecule has 2 N–H and O–H groups in total. The number of aliphatic hydroxyl groups is 1. The molecule has 1 aromatic carbocycles. The molecular weight excluding hydrogens is 326 g/mol. The van der Waals surface area contributed by atoms with E-state index in [0.29, 0.717) is 5.56 Å². The van der Waals surface area contributed by atoms with E-state index in [2.05, 4.69) is 0 Å². The molecule has 1 atom stereocenters. The van der Waals surface area contributed by atoms with Crippen molar-refractivity contribution in [2.75, 3.05) is 20.3 Å². The molecule has 1 aromatic heterocycles. The largest absolute Gasteiger partial charge is 0.508 e. The van der Waals surface area contributed by atoms with Gasteiger partial charge in [-0.25, -0.2) is 0 Å². The van der Waals surface area contributed by atoms with Crippen LogP contribution in [0.25, 0.3) is 0 Å². The third-order valence-corrected chi connectivity index (χ3v) is 4.04. The molecular formula is C18H17NO6. The van der Waals surface area contributed by atoms with Gasteiger partial charge in [-0.3, -0.25) is 9.59 Å². The van der Waals surface area contributed by atoms with E-state index in [4.69, 9.17) is 9.15 Å². The van der Waals surface area contributed by atoms with Gasteiger partial charge in [0.1, 0.15) is 5.75 Å². The summed E-state index contributed by atoms with van der Waals surface area (Å²) in [4.78, 5) is 26.6. The lowest BCUT2D eigenvalue weighted by atomic mass is 9.95. The summed E-state index contributed by atoms with van der Waals surface area (Å²) < 4.78 is 10.1. The van der Waals surface area contributed by atoms with E-state index in [-0.39, 0.29) is 30.2 Å². The zero-order valence-corrected chi connectivity index (χ0v) is 13.5. The smallest absolute Gasteiger partial charge is 0.290 e. The molecule has 3 rings (SSSR count). The lowest BCUT2D eigenvalue weighted by Crippen LogP contribution is -2.33. The summed E-state index contributed by atoms with van der Waals surface area (Å²) in [7, 11) is 1.50. The quantitative estimate of drug-likeness (QED) is 0.780. The molecule has 0 fully saturated rings. The second-order valence-corrected chi connectivity index (χ2v) is 5.55. The van der Waals surface area contributed by atoms with Crippen molar-refractivity contribution < 1.29 is 29.0 Å². The highest BCUT2D eigenvalue weighted by Gasteiger charge is 2.44. The molecule has 0 spiro atoms. The molecule has 0 aliphatic carbocycles. The van der Waals surface area contributed by atoms with Gasteiger partial charge in [0.2, 0.25) is 5.78 Å². The number of methoxy groups -OCH3 is 1. The Kier molecular flexibility index (Phi) is 4.58. The number of ketones is 1. The number of aromatic hydroxyl groups is 1. The Hall–Kier alpha value is -3.06. The molecule has 0 bridgehead atoms.